The molecule has 1 aromatic carbocycles. The number of carbonyl (C=O) groups excluding carboxylic acids is 1. The van der Waals surface area contributed by atoms with Gasteiger partial charge in [0.15, 0.2) is 0 Å². The van der Waals surface area contributed by atoms with E-state index in [1.54, 1.807) is 12.1 Å². The van der Waals surface area contributed by atoms with Crippen LogP contribution in [0.5, 0.6) is 0 Å². The predicted octanol–water partition coefficient (Wildman–Crippen LogP) is 3.02. The number of amides is 1. The van der Waals surface area contributed by atoms with Crippen LogP contribution < -0.4 is 5.32 Å². The fourth-order valence-electron chi connectivity index (χ4n) is 1.38. The highest BCUT2D eigenvalue weighted by atomic mass is 35.5. The standard InChI is InChI=1S/C12H15ClFNO/c1-9(15-12(16)3-2-8-13)10-4-6-11(14)7-5-10/h4-7,9H,2-3,8H2,1H3,(H,15,16)/t9-/m0/s1. The van der Waals surface area contributed by atoms with Crippen molar-refractivity contribution in [1.82, 2.24) is 5.32 Å². The molecular weight excluding hydrogens is 229 g/mol. The Balaban J connectivity index is 2.48. The van der Waals surface area contributed by atoms with Gasteiger partial charge in [0.2, 0.25) is 5.91 Å². The molecule has 0 saturated heterocycles. The third kappa shape index (κ3) is 4.19. The van der Waals surface area contributed by atoms with Gasteiger partial charge in [0.25, 0.3) is 0 Å². The Hall–Kier alpha value is -1.09. The maximum Gasteiger partial charge on any atom is 0.220 e. The third-order valence-corrected chi connectivity index (χ3v) is 2.55. The van der Waals surface area contributed by atoms with E-state index >= 15 is 0 Å². The first kappa shape index (κ1) is 13.0. The molecule has 0 unspecified atom stereocenters. The highest BCUT2D eigenvalue weighted by molar-refractivity contribution is 6.17. The van der Waals surface area contributed by atoms with Crippen molar-refractivity contribution in [3.05, 3.63) is 35.6 Å². The van der Waals surface area contributed by atoms with Gasteiger partial charge < -0.3 is 5.32 Å². The lowest BCUT2D eigenvalue weighted by Crippen LogP contribution is -2.26. The molecule has 0 fully saturated rings. The van der Waals surface area contributed by atoms with Crippen molar-refractivity contribution in [1.29, 1.82) is 0 Å². The van der Waals surface area contributed by atoms with Gasteiger partial charge in [-0.15, -0.1) is 11.6 Å². The summed E-state index contributed by atoms with van der Waals surface area (Å²) in [6.07, 6.45) is 1.10. The first-order valence-corrected chi connectivity index (χ1v) is 5.77. The second-order valence-electron chi connectivity index (χ2n) is 3.63. The van der Waals surface area contributed by atoms with Crippen LogP contribution in [0, 0.1) is 5.82 Å². The Bertz CT molecular complexity index is 339. The molecule has 0 aliphatic rings. The lowest BCUT2D eigenvalue weighted by atomic mass is 10.1. The summed E-state index contributed by atoms with van der Waals surface area (Å²) >= 11 is 5.49. The molecule has 2 nitrogen and oxygen atoms in total. The Labute approximate surface area is 99.8 Å². The van der Waals surface area contributed by atoms with Crippen molar-refractivity contribution in [2.45, 2.75) is 25.8 Å². The Morgan fingerprint density at radius 3 is 2.62 bits per heavy atom. The Morgan fingerprint density at radius 1 is 1.44 bits per heavy atom. The molecule has 0 saturated carbocycles. The summed E-state index contributed by atoms with van der Waals surface area (Å²) in [6.45, 7) is 1.87. The molecule has 0 heterocycles. The molecule has 1 N–H and O–H groups in total. The number of benzene rings is 1. The van der Waals surface area contributed by atoms with Crippen LogP contribution >= 0.6 is 11.6 Å². The molecule has 0 aromatic heterocycles. The van der Waals surface area contributed by atoms with Gasteiger partial charge in [-0.1, -0.05) is 12.1 Å². The number of nitrogens with one attached hydrogen (secondary N) is 1. The Morgan fingerprint density at radius 2 is 2.06 bits per heavy atom. The van der Waals surface area contributed by atoms with Crippen molar-refractivity contribution in [3.63, 3.8) is 0 Å². The summed E-state index contributed by atoms with van der Waals surface area (Å²) in [6, 6.07) is 6.00. The average Bonchev–Trinajstić information content (AvgIpc) is 2.27. The topological polar surface area (TPSA) is 29.1 Å². The molecule has 0 bridgehead atoms. The monoisotopic (exact) mass is 243 g/mol. The van der Waals surface area contributed by atoms with E-state index in [0.29, 0.717) is 18.7 Å². The van der Waals surface area contributed by atoms with Crippen LogP contribution in [0.25, 0.3) is 0 Å². The van der Waals surface area contributed by atoms with Gasteiger partial charge in [-0.3, -0.25) is 4.79 Å². The predicted molar refractivity (Wildman–Crippen MR) is 62.9 cm³/mol. The molecule has 16 heavy (non-hydrogen) atoms. The van der Waals surface area contributed by atoms with Crippen LogP contribution in [-0.4, -0.2) is 11.8 Å². The molecule has 88 valence electrons. The summed E-state index contributed by atoms with van der Waals surface area (Å²) in [4.78, 5) is 11.4. The second kappa shape index (κ2) is 6.48. The molecule has 1 atom stereocenters. The van der Waals surface area contributed by atoms with Crippen LogP contribution in [0.1, 0.15) is 31.4 Å². The van der Waals surface area contributed by atoms with Gasteiger partial charge in [0.05, 0.1) is 6.04 Å². The van der Waals surface area contributed by atoms with E-state index in [4.69, 9.17) is 11.6 Å². The molecule has 0 aliphatic heterocycles. The first-order chi connectivity index (χ1) is 7.63. The van der Waals surface area contributed by atoms with Gasteiger partial charge in [0.1, 0.15) is 5.82 Å². The zero-order chi connectivity index (χ0) is 12.0. The second-order valence-corrected chi connectivity index (χ2v) is 4.01. The molecule has 1 rings (SSSR count). The minimum atomic E-state index is -0.274. The summed E-state index contributed by atoms with van der Waals surface area (Å²) in [5.41, 5.74) is 0.889. The van der Waals surface area contributed by atoms with Gasteiger partial charge in [-0.2, -0.15) is 0 Å². The lowest BCUT2D eigenvalue weighted by molar-refractivity contribution is -0.121. The summed E-state index contributed by atoms with van der Waals surface area (Å²) < 4.78 is 12.7. The van der Waals surface area contributed by atoms with E-state index in [1.807, 2.05) is 6.92 Å². The van der Waals surface area contributed by atoms with Gasteiger partial charge in [-0.05, 0) is 31.0 Å². The first-order valence-electron chi connectivity index (χ1n) is 5.24. The number of halogens is 2. The summed E-state index contributed by atoms with van der Waals surface area (Å²) in [5, 5.41) is 2.83. The van der Waals surface area contributed by atoms with Gasteiger partial charge in [0, 0.05) is 12.3 Å². The van der Waals surface area contributed by atoms with E-state index < -0.39 is 0 Å². The highest BCUT2D eigenvalue weighted by Gasteiger charge is 2.08. The smallest absolute Gasteiger partial charge is 0.220 e. The summed E-state index contributed by atoms with van der Waals surface area (Å²) in [5.74, 6) is 0.181. The number of alkyl halides is 1. The van der Waals surface area contributed by atoms with E-state index in [1.165, 1.54) is 12.1 Å². The minimum absolute atomic E-state index is 0.0301. The molecular formula is C12H15ClFNO. The highest BCUT2D eigenvalue weighted by Crippen LogP contribution is 2.12. The summed E-state index contributed by atoms with van der Waals surface area (Å²) in [7, 11) is 0. The van der Waals surface area contributed by atoms with Crippen molar-refractivity contribution >= 4 is 17.5 Å². The number of rotatable bonds is 5. The van der Waals surface area contributed by atoms with Crippen molar-refractivity contribution in [3.8, 4) is 0 Å². The van der Waals surface area contributed by atoms with Crippen LogP contribution in [0.3, 0.4) is 0 Å². The largest absolute Gasteiger partial charge is 0.350 e. The van der Waals surface area contributed by atoms with E-state index in [9.17, 15) is 9.18 Å². The normalized spacial score (nSPS) is 12.2. The molecule has 1 aromatic rings. The number of hydrogen-bond acceptors (Lipinski definition) is 1. The fraction of sp³-hybridized carbons (Fsp3) is 0.417. The van der Waals surface area contributed by atoms with E-state index in [-0.39, 0.29) is 17.8 Å². The van der Waals surface area contributed by atoms with Crippen molar-refractivity contribution in [2.75, 3.05) is 5.88 Å². The zero-order valence-electron chi connectivity index (χ0n) is 9.17. The SMILES string of the molecule is C[C@H](NC(=O)CCCCl)c1ccc(F)cc1. The zero-order valence-corrected chi connectivity index (χ0v) is 9.93. The quantitative estimate of drug-likeness (QED) is 0.792. The third-order valence-electron chi connectivity index (χ3n) is 2.28. The lowest BCUT2D eigenvalue weighted by Gasteiger charge is -2.14. The van der Waals surface area contributed by atoms with Crippen molar-refractivity contribution in [2.24, 2.45) is 0 Å². The fourth-order valence-corrected chi connectivity index (χ4v) is 1.51. The van der Waals surface area contributed by atoms with Gasteiger partial charge in [-0.25, -0.2) is 4.39 Å². The van der Waals surface area contributed by atoms with Gasteiger partial charge >= 0.3 is 0 Å². The van der Waals surface area contributed by atoms with E-state index in [2.05, 4.69) is 5.32 Å². The number of carbonyl (C=O) groups is 1. The van der Waals surface area contributed by atoms with Crippen LogP contribution in [0.4, 0.5) is 4.39 Å². The molecule has 0 aliphatic carbocycles. The maximum absolute atomic E-state index is 12.7. The minimum Gasteiger partial charge on any atom is -0.350 e. The van der Waals surface area contributed by atoms with Crippen molar-refractivity contribution < 1.29 is 9.18 Å². The van der Waals surface area contributed by atoms with Crippen LogP contribution in [-0.2, 0) is 4.79 Å². The Kier molecular flexibility index (Phi) is 5.26. The average molecular weight is 244 g/mol. The van der Waals surface area contributed by atoms with E-state index in [0.717, 1.165) is 5.56 Å². The van der Waals surface area contributed by atoms with Crippen LogP contribution in [0.15, 0.2) is 24.3 Å². The molecule has 0 radical (unpaired) electrons. The maximum atomic E-state index is 12.7. The molecule has 1 amide bonds. The molecule has 0 spiro atoms. The molecule has 4 heteroatoms. The number of hydrogen-bond donors (Lipinski definition) is 1. The van der Waals surface area contributed by atoms with Crippen LogP contribution in [0.2, 0.25) is 0 Å².